The third-order valence-electron chi connectivity index (χ3n) is 1.91. The van der Waals surface area contributed by atoms with Crippen molar-refractivity contribution in [1.29, 1.82) is 0 Å². The fourth-order valence-electron chi connectivity index (χ4n) is 1.15. The highest BCUT2D eigenvalue weighted by molar-refractivity contribution is 5.31. The van der Waals surface area contributed by atoms with Crippen molar-refractivity contribution in [1.82, 2.24) is 5.48 Å². The summed E-state index contributed by atoms with van der Waals surface area (Å²) in [5, 5.41) is 0. The van der Waals surface area contributed by atoms with Crippen LogP contribution in [0, 0.1) is 0 Å². The maximum absolute atomic E-state index is 5.52. The van der Waals surface area contributed by atoms with Crippen LogP contribution in [0.2, 0.25) is 0 Å². The molecule has 0 aromatic heterocycles. The summed E-state index contributed by atoms with van der Waals surface area (Å²) >= 11 is 0. The van der Waals surface area contributed by atoms with Gasteiger partial charge in [-0.1, -0.05) is 0 Å². The highest BCUT2D eigenvalue weighted by Crippen LogP contribution is 2.16. The van der Waals surface area contributed by atoms with Crippen LogP contribution in [-0.4, -0.2) is 25.9 Å². The van der Waals surface area contributed by atoms with Crippen LogP contribution >= 0.6 is 0 Å². The van der Waals surface area contributed by atoms with Crippen molar-refractivity contribution < 1.29 is 14.3 Å². The maximum Gasteiger partial charge on any atom is 0.119 e. The molecule has 1 N–H and O–H groups in total. The Morgan fingerprint density at radius 2 is 1.65 bits per heavy atom. The van der Waals surface area contributed by atoms with Gasteiger partial charge in [0.2, 0.25) is 0 Å². The van der Waals surface area contributed by atoms with Gasteiger partial charge in [-0.25, -0.2) is 0 Å². The van der Waals surface area contributed by atoms with Crippen molar-refractivity contribution >= 4 is 0 Å². The van der Waals surface area contributed by atoms with Gasteiger partial charge < -0.3 is 9.47 Å². The molecule has 0 fully saturated rings. The van der Waals surface area contributed by atoms with E-state index >= 15 is 0 Å². The smallest absolute Gasteiger partial charge is 0.119 e. The first-order valence-corrected chi connectivity index (χ1v) is 5.69. The highest BCUT2D eigenvalue weighted by atomic mass is 16.7. The van der Waals surface area contributed by atoms with Gasteiger partial charge in [-0.15, -0.1) is 0 Å². The van der Waals surface area contributed by atoms with E-state index in [-0.39, 0.29) is 5.60 Å². The Labute approximate surface area is 103 Å². The van der Waals surface area contributed by atoms with Crippen LogP contribution in [0.25, 0.3) is 0 Å². The Morgan fingerprint density at radius 3 is 2.18 bits per heavy atom. The van der Waals surface area contributed by atoms with Crippen molar-refractivity contribution in [3.63, 3.8) is 0 Å². The quantitative estimate of drug-likeness (QED) is 0.611. The number of nitrogens with one attached hydrogen (secondary N) is 1. The van der Waals surface area contributed by atoms with E-state index in [1.54, 1.807) is 7.11 Å². The minimum Gasteiger partial charge on any atom is -0.497 e. The Morgan fingerprint density at radius 1 is 1.06 bits per heavy atom. The normalized spacial score (nSPS) is 11.3. The van der Waals surface area contributed by atoms with Gasteiger partial charge in [0.25, 0.3) is 0 Å². The summed E-state index contributed by atoms with van der Waals surface area (Å²) in [5.41, 5.74) is 2.69. The van der Waals surface area contributed by atoms with Gasteiger partial charge in [-0.05, 0) is 45.0 Å². The molecule has 17 heavy (non-hydrogen) atoms. The molecule has 0 spiro atoms. The summed E-state index contributed by atoms with van der Waals surface area (Å²) in [5.74, 6) is 1.65. The van der Waals surface area contributed by atoms with Crippen LogP contribution in [-0.2, 0) is 4.84 Å². The van der Waals surface area contributed by atoms with Gasteiger partial charge >= 0.3 is 0 Å². The van der Waals surface area contributed by atoms with E-state index in [4.69, 9.17) is 14.3 Å². The van der Waals surface area contributed by atoms with Gasteiger partial charge in [0.15, 0.2) is 0 Å². The molecular formula is C13H21NO3. The molecule has 0 aliphatic heterocycles. The monoisotopic (exact) mass is 239 g/mol. The standard InChI is InChI=1S/C13H21NO3/c1-13(2,3)17-14-9-10-16-12-7-5-11(15-4)6-8-12/h5-8,14H,9-10H2,1-4H3. The fourth-order valence-corrected chi connectivity index (χ4v) is 1.15. The molecular weight excluding hydrogens is 218 g/mol. The summed E-state index contributed by atoms with van der Waals surface area (Å²) < 4.78 is 10.6. The molecule has 0 atom stereocenters. The van der Waals surface area contributed by atoms with Gasteiger partial charge in [-0.3, -0.25) is 4.84 Å². The van der Waals surface area contributed by atoms with E-state index in [0.29, 0.717) is 13.2 Å². The number of rotatable bonds is 6. The van der Waals surface area contributed by atoms with Crippen LogP contribution in [0.1, 0.15) is 20.8 Å². The molecule has 0 radical (unpaired) electrons. The number of hydrogen-bond donors (Lipinski definition) is 1. The van der Waals surface area contributed by atoms with E-state index in [0.717, 1.165) is 11.5 Å². The van der Waals surface area contributed by atoms with Crippen molar-refractivity contribution in [3.05, 3.63) is 24.3 Å². The van der Waals surface area contributed by atoms with Crippen LogP contribution in [0.3, 0.4) is 0 Å². The lowest BCUT2D eigenvalue weighted by molar-refractivity contribution is -0.0749. The fraction of sp³-hybridized carbons (Fsp3) is 0.538. The summed E-state index contributed by atoms with van der Waals surface area (Å²) in [6.45, 7) is 7.17. The first kappa shape index (κ1) is 13.8. The minimum absolute atomic E-state index is 0.180. The molecule has 0 saturated heterocycles. The second kappa shape index (κ2) is 6.47. The topological polar surface area (TPSA) is 39.7 Å². The molecule has 0 aliphatic carbocycles. The molecule has 0 aliphatic rings. The van der Waals surface area contributed by atoms with Crippen LogP contribution in [0.5, 0.6) is 11.5 Å². The lowest BCUT2D eigenvalue weighted by Crippen LogP contribution is -2.31. The molecule has 0 heterocycles. The molecule has 0 amide bonds. The third kappa shape index (κ3) is 6.14. The van der Waals surface area contributed by atoms with E-state index in [2.05, 4.69) is 5.48 Å². The zero-order chi connectivity index (χ0) is 12.7. The second-order valence-corrected chi connectivity index (χ2v) is 4.63. The molecule has 1 rings (SSSR count). The minimum atomic E-state index is -0.180. The molecule has 96 valence electrons. The number of hydrogen-bond acceptors (Lipinski definition) is 4. The van der Waals surface area contributed by atoms with E-state index < -0.39 is 0 Å². The number of methoxy groups -OCH3 is 1. The van der Waals surface area contributed by atoms with Gasteiger partial charge in [0.1, 0.15) is 18.1 Å². The van der Waals surface area contributed by atoms with E-state index in [9.17, 15) is 0 Å². The van der Waals surface area contributed by atoms with Crippen molar-refractivity contribution in [2.24, 2.45) is 0 Å². The first-order valence-electron chi connectivity index (χ1n) is 5.69. The van der Waals surface area contributed by atoms with Crippen molar-refractivity contribution in [3.8, 4) is 11.5 Å². The molecule has 0 saturated carbocycles. The number of hydroxylamine groups is 1. The van der Waals surface area contributed by atoms with Crippen molar-refractivity contribution in [2.75, 3.05) is 20.3 Å². The van der Waals surface area contributed by atoms with Crippen LogP contribution in [0.15, 0.2) is 24.3 Å². The van der Waals surface area contributed by atoms with Gasteiger partial charge in [0.05, 0.1) is 19.3 Å². The van der Waals surface area contributed by atoms with E-state index in [1.165, 1.54) is 0 Å². The lowest BCUT2D eigenvalue weighted by atomic mass is 10.2. The Kier molecular flexibility index (Phi) is 5.25. The Hall–Kier alpha value is -1.26. The van der Waals surface area contributed by atoms with Crippen LogP contribution < -0.4 is 15.0 Å². The van der Waals surface area contributed by atoms with Crippen LogP contribution in [0.4, 0.5) is 0 Å². The lowest BCUT2D eigenvalue weighted by Gasteiger charge is -2.19. The predicted molar refractivity (Wildman–Crippen MR) is 67.3 cm³/mol. The number of ether oxygens (including phenoxy) is 2. The SMILES string of the molecule is COc1ccc(OCCNOC(C)(C)C)cc1. The molecule has 4 nitrogen and oxygen atoms in total. The maximum atomic E-state index is 5.52. The average molecular weight is 239 g/mol. The Balaban J connectivity index is 2.18. The van der Waals surface area contributed by atoms with Crippen molar-refractivity contribution in [2.45, 2.75) is 26.4 Å². The number of benzene rings is 1. The molecule has 4 heteroatoms. The molecule has 1 aromatic carbocycles. The van der Waals surface area contributed by atoms with Gasteiger partial charge in [0, 0.05) is 0 Å². The summed E-state index contributed by atoms with van der Waals surface area (Å²) in [6, 6.07) is 7.50. The molecule has 0 bridgehead atoms. The second-order valence-electron chi connectivity index (χ2n) is 4.63. The Bertz CT molecular complexity index is 316. The average Bonchev–Trinajstić information content (AvgIpc) is 2.28. The van der Waals surface area contributed by atoms with Gasteiger partial charge in [-0.2, -0.15) is 5.48 Å². The zero-order valence-corrected chi connectivity index (χ0v) is 10.9. The predicted octanol–water partition coefficient (Wildman–Crippen LogP) is 2.39. The molecule has 0 unspecified atom stereocenters. The van der Waals surface area contributed by atoms with E-state index in [1.807, 2.05) is 45.0 Å². The largest absolute Gasteiger partial charge is 0.497 e. The molecule has 1 aromatic rings. The third-order valence-corrected chi connectivity index (χ3v) is 1.91. The summed E-state index contributed by atoms with van der Waals surface area (Å²) in [7, 11) is 1.64. The zero-order valence-electron chi connectivity index (χ0n) is 10.9. The summed E-state index contributed by atoms with van der Waals surface area (Å²) in [4.78, 5) is 5.35. The first-order chi connectivity index (χ1) is 8.01. The highest BCUT2D eigenvalue weighted by Gasteiger charge is 2.09. The summed E-state index contributed by atoms with van der Waals surface area (Å²) in [6.07, 6.45) is 0.